The van der Waals surface area contributed by atoms with E-state index in [9.17, 15) is 14.9 Å². The van der Waals surface area contributed by atoms with Crippen LogP contribution >= 0.6 is 11.6 Å². The second-order valence-electron chi connectivity index (χ2n) is 6.87. The average Bonchev–Trinajstić information content (AvgIpc) is 3.28. The van der Waals surface area contributed by atoms with E-state index in [1.165, 1.54) is 23.0 Å². The molecule has 0 bridgehead atoms. The number of para-hydroxylation sites is 2. The average molecular weight is 443 g/mol. The van der Waals surface area contributed by atoms with Gasteiger partial charge in [-0.1, -0.05) is 28.9 Å². The zero-order valence-electron chi connectivity index (χ0n) is 16.6. The fourth-order valence-corrected chi connectivity index (χ4v) is 3.84. The Bertz CT molecular complexity index is 1130. The summed E-state index contributed by atoms with van der Waals surface area (Å²) in [5.74, 6) is 0.394. The molecule has 1 aliphatic rings. The number of amides is 1. The first kappa shape index (κ1) is 20.6. The summed E-state index contributed by atoms with van der Waals surface area (Å²) in [6, 6.07) is 11.7. The van der Waals surface area contributed by atoms with E-state index in [4.69, 9.17) is 16.3 Å². The quantitative estimate of drug-likeness (QED) is 0.441. The molecule has 1 amide bonds. The Morgan fingerprint density at radius 1 is 1.13 bits per heavy atom. The minimum absolute atomic E-state index is 0.0559. The first-order valence-corrected chi connectivity index (χ1v) is 9.89. The molecule has 0 radical (unpaired) electrons. The number of anilines is 1. The van der Waals surface area contributed by atoms with Crippen LogP contribution in [0.2, 0.25) is 5.02 Å². The van der Waals surface area contributed by atoms with E-state index in [0.717, 1.165) is 0 Å². The van der Waals surface area contributed by atoms with Crippen molar-refractivity contribution in [2.75, 3.05) is 38.2 Å². The lowest BCUT2D eigenvalue weighted by Gasteiger charge is -2.36. The third-order valence-corrected chi connectivity index (χ3v) is 5.43. The van der Waals surface area contributed by atoms with Crippen LogP contribution in [0.4, 0.5) is 11.4 Å². The van der Waals surface area contributed by atoms with Gasteiger partial charge in [-0.3, -0.25) is 14.9 Å². The molecule has 1 saturated heterocycles. The normalized spacial score (nSPS) is 13.9. The lowest BCUT2D eigenvalue weighted by Crippen LogP contribution is -2.49. The highest BCUT2D eigenvalue weighted by Gasteiger charge is 2.27. The van der Waals surface area contributed by atoms with Crippen molar-refractivity contribution in [1.29, 1.82) is 0 Å². The summed E-state index contributed by atoms with van der Waals surface area (Å²) in [4.78, 5) is 27.3. The van der Waals surface area contributed by atoms with Gasteiger partial charge in [-0.25, -0.2) is 4.68 Å². The van der Waals surface area contributed by atoms with Crippen LogP contribution in [-0.2, 0) is 0 Å². The molecular weight excluding hydrogens is 424 g/mol. The summed E-state index contributed by atoms with van der Waals surface area (Å²) in [6.07, 6.45) is 1.44. The molecule has 3 aromatic rings. The summed E-state index contributed by atoms with van der Waals surface area (Å²) in [5, 5.41) is 19.2. The highest BCUT2D eigenvalue weighted by Crippen LogP contribution is 2.30. The number of piperazine rings is 1. The number of aromatic nitrogens is 3. The van der Waals surface area contributed by atoms with Gasteiger partial charge in [-0.05, 0) is 18.2 Å². The molecular formula is C20H19ClN6O4. The molecule has 10 nitrogen and oxygen atoms in total. The van der Waals surface area contributed by atoms with Crippen molar-refractivity contribution in [3.05, 3.63) is 69.5 Å². The number of methoxy groups -OCH3 is 1. The molecule has 160 valence electrons. The van der Waals surface area contributed by atoms with Crippen molar-refractivity contribution < 1.29 is 14.5 Å². The first-order chi connectivity index (χ1) is 15.0. The molecule has 0 spiro atoms. The topological polar surface area (TPSA) is 107 Å². The number of nitro benzene ring substituents is 1. The Balaban J connectivity index is 1.49. The van der Waals surface area contributed by atoms with Crippen molar-refractivity contribution in [1.82, 2.24) is 19.9 Å². The van der Waals surface area contributed by atoms with Crippen LogP contribution < -0.4 is 9.64 Å². The second-order valence-corrected chi connectivity index (χ2v) is 7.28. The molecule has 2 aromatic carbocycles. The zero-order valence-corrected chi connectivity index (χ0v) is 17.4. The Hall–Kier alpha value is -3.66. The number of non-ortho nitro benzene ring substituents is 1. The molecule has 0 aliphatic carbocycles. The molecule has 4 rings (SSSR count). The van der Waals surface area contributed by atoms with Crippen molar-refractivity contribution in [3.63, 3.8) is 0 Å². The molecule has 1 aliphatic heterocycles. The van der Waals surface area contributed by atoms with Gasteiger partial charge in [-0.2, -0.15) is 0 Å². The highest BCUT2D eigenvalue weighted by molar-refractivity contribution is 6.33. The molecule has 31 heavy (non-hydrogen) atoms. The van der Waals surface area contributed by atoms with Gasteiger partial charge in [0.1, 0.15) is 11.4 Å². The maximum absolute atomic E-state index is 13.1. The Labute approximate surface area is 182 Å². The van der Waals surface area contributed by atoms with Gasteiger partial charge in [0.2, 0.25) is 0 Å². The lowest BCUT2D eigenvalue weighted by molar-refractivity contribution is -0.384. The van der Waals surface area contributed by atoms with Crippen LogP contribution in [0, 0.1) is 10.1 Å². The minimum atomic E-state index is -0.481. The fraction of sp³-hybridized carbons (Fsp3) is 0.250. The van der Waals surface area contributed by atoms with Gasteiger partial charge in [0.05, 0.1) is 28.9 Å². The molecule has 2 heterocycles. The van der Waals surface area contributed by atoms with Crippen LogP contribution in [0.5, 0.6) is 5.75 Å². The summed E-state index contributed by atoms with van der Waals surface area (Å²) < 4.78 is 6.84. The third kappa shape index (κ3) is 4.02. The molecule has 0 unspecified atom stereocenters. The van der Waals surface area contributed by atoms with Gasteiger partial charge in [0, 0.05) is 38.3 Å². The Kier molecular flexibility index (Phi) is 5.72. The van der Waals surface area contributed by atoms with Gasteiger partial charge in [-0.15, -0.1) is 5.10 Å². The minimum Gasteiger partial charge on any atom is -0.494 e. The van der Waals surface area contributed by atoms with Crippen LogP contribution in [0.1, 0.15) is 10.5 Å². The van der Waals surface area contributed by atoms with E-state index >= 15 is 0 Å². The summed E-state index contributed by atoms with van der Waals surface area (Å²) in [5.41, 5.74) is 1.62. The summed E-state index contributed by atoms with van der Waals surface area (Å²) in [7, 11) is 1.56. The largest absolute Gasteiger partial charge is 0.494 e. The molecule has 0 N–H and O–H groups in total. The van der Waals surface area contributed by atoms with Crippen LogP contribution in [-0.4, -0.2) is 64.0 Å². The number of rotatable bonds is 5. The molecule has 11 heteroatoms. The fourth-order valence-electron chi connectivity index (χ4n) is 3.54. The van der Waals surface area contributed by atoms with E-state index in [0.29, 0.717) is 54.0 Å². The number of ether oxygens (including phenoxy) is 1. The Morgan fingerprint density at radius 2 is 1.87 bits per heavy atom. The lowest BCUT2D eigenvalue weighted by atomic mass is 10.2. The van der Waals surface area contributed by atoms with Gasteiger partial charge < -0.3 is 14.5 Å². The van der Waals surface area contributed by atoms with Crippen molar-refractivity contribution in [2.24, 2.45) is 0 Å². The smallest absolute Gasteiger partial charge is 0.274 e. The van der Waals surface area contributed by atoms with Crippen molar-refractivity contribution >= 4 is 28.9 Å². The molecule has 0 saturated carbocycles. The van der Waals surface area contributed by atoms with Gasteiger partial charge in [0.25, 0.3) is 11.6 Å². The number of carbonyl (C=O) groups excluding carboxylic acids is 1. The number of nitro groups is 1. The first-order valence-electron chi connectivity index (χ1n) is 9.52. The molecule has 1 fully saturated rings. The summed E-state index contributed by atoms with van der Waals surface area (Å²) in [6.45, 7) is 2.01. The van der Waals surface area contributed by atoms with Crippen LogP contribution in [0.3, 0.4) is 0 Å². The van der Waals surface area contributed by atoms with Crippen molar-refractivity contribution in [3.8, 4) is 11.4 Å². The second kappa shape index (κ2) is 8.60. The predicted molar refractivity (Wildman–Crippen MR) is 114 cm³/mol. The number of halogens is 1. The molecule has 1 aromatic heterocycles. The highest BCUT2D eigenvalue weighted by atomic mass is 35.5. The predicted octanol–water partition coefficient (Wildman–Crippen LogP) is 2.80. The van der Waals surface area contributed by atoms with E-state index < -0.39 is 4.92 Å². The number of hydrogen-bond acceptors (Lipinski definition) is 7. The van der Waals surface area contributed by atoms with Gasteiger partial charge >= 0.3 is 0 Å². The van der Waals surface area contributed by atoms with Crippen LogP contribution in [0.25, 0.3) is 5.69 Å². The Morgan fingerprint density at radius 3 is 2.55 bits per heavy atom. The molecule has 0 atom stereocenters. The van der Waals surface area contributed by atoms with E-state index in [-0.39, 0.29) is 11.6 Å². The van der Waals surface area contributed by atoms with E-state index in [2.05, 4.69) is 10.3 Å². The number of hydrogen-bond donors (Lipinski definition) is 0. The summed E-state index contributed by atoms with van der Waals surface area (Å²) >= 11 is 6.25. The van der Waals surface area contributed by atoms with Crippen molar-refractivity contribution in [2.45, 2.75) is 0 Å². The van der Waals surface area contributed by atoms with E-state index in [1.54, 1.807) is 30.2 Å². The maximum atomic E-state index is 13.1. The number of benzene rings is 2. The third-order valence-electron chi connectivity index (χ3n) is 5.13. The van der Waals surface area contributed by atoms with Crippen LogP contribution in [0.15, 0.2) is 48.7 Å². The van der Waals surface area contributed by atoms with Gasteiger partial charge in [0.15, 0.2) is 5.69 Å². The standard InChI is InChI=1S/C20H19ClN6O4/c1-31-19-5-3-2-4-17(19)26-18(13-22-23-26)20(28)25-10-8-24(9-11-25)16-7-6-14(27(29)30)12-15(16)21/h2-7,12-13H,8-11H2,1H3. The maximum Gasteiger partial charge on any atom is 0.274 e. The number of nitrogens with zero attached hydrogens (tertiary/aromatic N) is 6. The van der Waals surface area contributed by atoms with E-state index in [1.807, 2.05) is 17.0 Å². The zero-order chi connectivity index (χ0) is 22.0. The SMILES string of the molecule is COc1ccccc1-n1nncc1C(=O)N1CCN(c2ccc([N+](=O)[O-])cc2Cl)CC1. The monoisotopic (exact) mass is 442 g/mol. The number of carbonyl (C=O) groups is 1.